The first kappa shape index (κ1) is 13.3. The van der Waals surface area contributed by atoms with Crippen LogP contribution in [0.3, 0.4) is 0 Å². The number of hydrogen-bond acceptors (Lipinski definition) is 2. The number of alkyl halides is 2. The zero-order valence-corrected chi connectivity index (χ0v) is 11.0. The average Bonchev–Trinajstić information content (AvgIpc) is 3.09. The van der Waals surface area contributed by atoms with Crippen LogP contribution >= 0.6 is 0 Å². The second kappa shape index (κ2) is 4.50. The van der Waals surface area contributed by atoms with Gasteiger partial charge in [-0.25, -0.2) is 8.78 Å². The van der Waals surface area contributed by atoms with Gasteiger partial charge in [-0.1, -0.05) is 6.07 Å². The van der Waals surface area contributed by atoms with Crippen molar-refractivity contribution >= 4 is 0 Å². The van der Waals surface area contributed by atoms with Crippen LogP contribution in [0.1, 0.15) is 42.9 Å². The average molecular weight is 255 g/mol. The van der Waals surface area contributed by atoms with Gasteiger partial charge in [0.05, 0.1) is 12.7 Å². The third-order valence-corrected chi connectivity index (χ3v) is 3.99. The lowest BCUT2D eigenvalue weighted by Gasteiger charge is -2.26. The summed E-state index contributed by atoms with van der Waals surface area (Å²) in [5.41, 5.74) is 7.67. The number of methoxy groups -OCH3 is 1. The molecule has 100 valence electrons. The zero-order chi connectivity index (χ0) is 13.5. The second-order valence-electron chi connectivity index (χ2n) is 5.13. The van der Waals surface area contributed by atoms with E-state index in [-0.39, 0.29) is 17.0 Å². The highest BCUT2D eigenvalue weighted by atomic mass is 19.3. The van der Waals surface area contributed by atoms with Gasteiger partial charge >= 0.3 is 0 Å². The number of ether oxygens (including phenoxy) is 1. The van der Waals surface area contributed by atoms with Crippen LogP contribution in [-0.2, 0) is 5.41 Å². The normalized spacial score (nSPS) is 18.8. The van der Waals surface area contributed by atoms with Gasteiger partial charge in [-0.05, 0) is 38.3 Å². The Kier molecular flexibility index (Phi) is 3.32. The number of aryl methyl sites for hydroxylation is 1. The van der Waals surface area contributed by atoms with E-state index < -0.39 is 6.43 Å². The maximum absolute atomic E-state index is 13.0. The van der Waals surface area contributed by atoms with E-state index in [4.69, 9.17) is 10.5 Å². The molecule has 1 aliphatic rings. The Hall–Kier alpha value is -1.16. The molecule has 0 saturated heterocycles. The van der Waals surface area contributed by atoms with Crippen molar-refractivity contribution in [1.82, 2.24) is 0 Å². The first-order chi connectivity index (χ1) is 8.44. The highest BCUT2D eigenvalue weighted by Crippen LogP contribution is 2.55. The van der Waals surface area contributed by atoms with Crippen molar-refractivity contribution in [2.45, 2.75) is 44.6 Å². The minimum absolute atomic E-state index is 0.0370. The van der Waals surface area contributed by atoms with Crippen molar-refractivity contribution in [2.75, 3.05) is 7.11 Å². The van der Waals surface area contributed by atoms with E-state index in [1.54, 1.807) is 6.07 Å². The van der Waals surface area contributed by atoms with Crippen molar-refractivity contribution in [3.63, 3.8) is 0 Å². The molecule has 1 atom stereocenters. The molecule has 1 aromatic rings. The smallest absolute Gasteiger partial charge is 0.267 e. The second-order valence-corrected chi connectivity index (χ2v) is 5.13. The van der Waals surface area contributed by atoms with Gasteiger partial charge in [0.1, 0.15) is 5.75 Å². The number of nitrogens with two attached hydrogens (primary N) is 1. The summed E-state index contributed by atoms with van der Waals surface area (Å²) >= 11 is 0. The van der Waals surface area contributed by atoms with E-state index in [9.17, 15) is 8.78 Å². The Balaban J connectivity index is 2.62. The highest BCUT2D eigenvalue weighted by Gasteiger charge is 2.50. The predicted octanol–water partition coefficient (Wildman–Crippen LogP) is 3.32. The van der Waals surface area contributed by atoms with Gasteiger partial charge in [-0.15, -0.1) is 0 Å². The maximum atomic E-state index is 13.0. The third kappa shape index (κ3) is 1.88. The molecule has 1 fully saturated rings. The minimum atomic E-state index is -2.52. The lowest BCUT2D eigenvalue weighted by atomic mass is 9.84. The molecule has 0 radical (unpaired) electrons. The molecule has 0 spiro atoms. The van der Waals surface area contributed by atoms with Crippen LogP contribution in [0.15, 0.2) is 12.1 Å². The van der Waals surface area contributed by atoms with Gasteiger partial charge in [0, 0.05) is 17.0 Å². The zero-order valence-electron chi connectivity index (χ0n) is 11.0. The maximum Gasteiger partial charge on any atom is 0.267 e. The predicted molar refractivity (Wildman–Crippen MR) is 67.2 cm³/mol. The van der Waals surface area contributed by atoms with Gasteiger partial charge < -0.3 is 10.5 Å². The molecular formula is C14H19F2NO. The monoisotopic (exact) mass is 255 g/mol. The molecule has 2 rings (SSSR count). The van der Waals surface area contributed by atoms with Crippen LogP contribution in [0.5, 0.6) is 5.75 Å². The molecule has 2 nitrogen and oxygen atoms in total. The molecule has 0 aliphatic heterocycles. The van der Waals surface area contributed by atoms with E-state index >= 15 is 0 Å². The number of hydrogen-bond donors (Lipinski definition) is 1. The van der Waals surface area contributed by atoms with E-state index in [0.29, 0.717) is 5.75 Å². The fourth-order valence-electron chi connectivity index (χ4n) is 2.78. The number of benzene rings is 1. The number of halogens is 2. The molecule has 1 aliphatic carbocycles. The van der Waals surface area contributed by atoms with E-state index in [1.165, 1.54) is 13.2 Å². The van der Waals surface area contributed by atoms with Gasteiger partial charge in [0.2, 0.25) is 0 Å². The largest absolute Gasteiger partial charge is 0.496 e. The first-order valence-corrected chi connectivity index (χ1v) is 6.15. The molecule has 18 heavy (non-hydrogen) atoms. The molecule has 1 saturated carbocycles. The van der Waals surface area contributed by atoms with Gasteiger partial charge in [-0.2, -0.15) is 0 Å². The molecule has 2 N–H and O–H groups in total. The molecule has 0 aromatic heterocycles. The van der Waals surface area contributed by atoms with Crippen LogP contribution in [0, 0.1) is 6.92 Å². The summed E-state index contributed by atoms with van der Waals surface area (Å²) < 4.78 is 31.3. The molecule has 0 heterocycles. The van der Waals surface area contributed by atoms with E-state index in [0.717, 1.165) is 24.0 Å². The quantitative estimate of drug-likeness (QED) is 0.895. The van der Waals surface area contributed by atoms with Crippen molar-refractivity contribution in [1.29, 1.82) is 0 Å². The van der Waals surface area contributed by atoms with Crippen molar-refractivity contribution in [3.8, 4) is 5.75 Å². The number of rotatable bonds is 4. The topological polar surface area (TPSA) is 35.2 Å². The van der Waals surface area contributed by atoms with Gasteiger partial charge in [-0.3, -0.25) is 0 Å². The van der Waals surface area contributed by atoms with E-state index in [2.05, 4.69) is 0 Å². The summed E-state index contributed by atoms with van der Waals surface area (Å²) in [7, 11) is 1.45. The molecular weight excluding hydrogens is 236 g/mol. The molecule has 0 amide bonds. The Bertz CT molecular complexity index is 453. The fraction of sp³-hybridized carbons (Fsp3) is 0.571. The summed E-state index contributed by atoms with van der Waals surface area (Å²) in [4.78, 5) is 0. The highest BCUT2D eigenvalue weighted by molar-refractivity contribution is 5.54. The molecule has 1 aromatic carbocycles. The van der Waals surface area contributed by atoms with Gasteiger partial charge in [0.25, 0.3) is 6.43 Å². The van der Waals surface area contributed by atoms with Crippen LogP contribution in [-0.4, -0.2) is 13.2 Å². The van der Waals surface area contributed by atoms with Crippen LogP contribution in [0.2, 0.25) is 0 Å². The summed E-state index contributed by atoms with van der Waals surface area (Å²) in [5, 5.41) is 0. The third-order valence-electron chi connectivity index (χ3n) is 3.99. The Morgan fingerprint density at radius 2 is 1.94 bits per heavy atom. The van der Waals surface area contributed by atoms with Crippen LogP contribution in [0.4, 0.5) is 8.78 Å². The summed E-state index contributed by atoms with van der Waals surface area (Å²) in [6.45, 7) is 3.86. The Morgan fingerprint density at radius 1 is 1.33 bits per heavy atom. The van der Waals surface area contributed by atoms with Crippen molar-refractivity contribution < 1.29 is 13.5 Å². The van der Waals surface area contributed by atoms with Crippen molar-refractivity contribution in [2.24, 2.45) is 5.73 Å². The van der Waals surface area contributed by atoms with Gasteiger partial charge in [0.15, 0.2) is 0 Å². The van der Waals surface area contributed by atoms with Crippen molar-refractivity contribution in [3.05, 3.63) is 28.8 Å². The first-order valence-electron chi connectivity index (χ1n) is 6.15. The Labute approximate surface area is 106 Å². The van der Waals surface area contributed by atoms with Crippen LogP contribution < -0.4 is 10.5 Å². The standard InChI is InChI=1S/C14H19F2NO/c1-8-4-5-10(13(15)16)12(18-3)11(8)14(6-7-14)9(2)17/h4-5,9,13H,6-7,17H2,1-3H3. The minimum Gasteiger partial charge on any atom is -0.496 e. The lowest BCUT2D eigenvalue weighted by Crippen LogP contribution is -2.32. The van der Waals surface area contributed by atoms with Crippen LogP contribution in [0.25, 0.3) is 0 Å². The summed E-state index contributed by atoms with van der Waals surface area (Å²) in [6, 6.07) is 3.12. The summed E-state index contributed by atoms with van der Waals surface area (Å²) in [5.74, 6) is 0.319. The SMILES string of the molecule is COc1c(C(F)F)ccc(C)c1C1(C(C)N)CC1. The molecule has 1 unspecified atom stereocenters. The molecule has 0 bridgehead atoms. The van der Waals surface area contributed by atoms with E-state index in [1.807, 2.05) is 13.8 Å². The lowest BCUT2D eigenvalue weighted by molar-refractivity contribution is 0.146. The molecule has 4 heteroatoms. The summed E-state index contributed by atoms with van der Waals surface area (Å²) in [6.07, 6.45) is -0.647. The fourth-order valence-corrected chi connectivity index (χ4v) is 2.78. The Morgan fingerprint density at radius 3 is 2.33 bits per heavy atom.